The second kappa shape index (κ2) is 5.31. The van der Waals surface area contributed by atoms with Gasteiger partial charge in [-0.2, -0.15) is 11.3 Å². The van der Waals surface area contributed by atoms with E-state index in [1.807, 2.05) is 19.2 Å². The van der Waals surface area contributed by atoms with E-state index in [2.05, 4.69) is 5.32 Å². The molecule has 1 unspecified atom stereocenters. The highest BCUT2D eigenvalue weighted by molar-refractivity contribution is 7.08. The summed E-state index contributed by atoms with van der Waals surface area (Å²) in [5, 5.41) is 15.4. The Balaban J connectivity index is 2.85. The Bertz CT molecular complexity index is 427. The third-order valence-electron chi connectivity index (χ3n) is 2.71. The van der Waals surface area contributed by atoms with Crippen molar-refractivity contribution < 1.29 is 14.7 Å². The van der Waals surface area contributed by atoms with E-state index in [0.29, 0.717) is 18.4 Å². The van der Waals surface area contributed by atoms with Crippen molar-refractivity contribution in [1.29, 1.82) is 0 Å². The average molecular weight is 255 g/mol. The van der Waals surface area contributed by atoms with E-state index in [9.17, 15) is 9.59 Å². The molecule has 0 aliphatic heterocycles. The van der Waals surface area contributed by atoms with Gasteiger partial charge in [-0.05, 0) is 31.2 Å². The smallest absolute Gasteiger partial charge is 0.329 e. The van der Waals surface area contributed by atoms with Crippen molar-refractivity contribution in [2.24, 2.45) is 0 Å². The number of carboxylic acids is 1. The highest BCUT2D eigenvalue weighted by Gasteiger charge is 2.34. The Hall–Kier alpha value is -1.36. The highest BCUT2D eigenvalue weighted by Crippen LogP contribution is 2.17. The van der Waals surface area contributed by atoms with Crippen LogP contribution in [0.4, 0.5) is 0 Å². The van der Waals surface area contributed by atoms with Crippen molar-refractivity contribution in [2.75, 3.05) is 0 Å². The van der Waals surface area contributed by atoms with Gasteiger partial charge < -0.3 is 10.4 Å². The fourth-order valence-corrected chi connectivity index (χ4v) is 2.46. The third kappa shape index (κ3) is 3.06. The lowest BCUT2D eigenvalue weighted by Crippen LogP contribution is -2.52. The summed E-state index contributed by atoms with van der Waals surface area (Å²) in [6.07, 6.45) is 1.11. The SMILES string of the molecule is CCCC(C)(NC(=O)c1cscc1C)C(=O)O. The van der Waals surface area contributed by atoms with E-state index >= 15 is 0 Å². The molecule has 5 heteroatoms. The molecule has 1 aromatic rings. The molecule has 0 fully saturated rings. The van der Waals surface area contributed by atoms with Gasteiger partial charge >= 0.3 is 5.97 Å². The van der Waals surface area contributed by atoms with E-state index in [-0.39, 0.29) is 5.91 Å². The first-order valence-corrected chi connectivity index (χ1v) is 6.43. The van der Waals surface area contributed by atoms with Crippen molar-refractivity contribution in [3.63, 3.8) is 0 Å². The van der Waals surface area contributed by atoms with Crippen molar-refractivity contribution in [3.8, 4) is 0 Å². The Labute approximate surface area is 105 Å². The zero-order chi connectivity index (χ0) is 13.1. The van der Waals surface area contributed by atoms with Crippen LogP contribution in [0, 0.1) is 6.92 Å². The molecule has 0 aliphatic rings. The number of carbonyl (C=O) groups excluding carboxylic acids is 1. The third-order valence-corrected chi connectivity index (χ3v) is 3.57. The first kappa shape index (κ1) is 13.7. The van der Waals surface area contributed by atoms with Gasteiger partial charge in [-0.1, -0.05) is 13.3 Å². The molecule has 0 saturated heterocycles. The molecule has 0 aliphatic carbocycles. The molecule has 1 atom stereocenters. The van der Waals surface area contributed by atoms with E-state index in [1.165, 1.54) is 11.3 Å². The van der Waals surface area contributed by atoms with Crippen LogP contribution in [0.25, 0.3) is 0 Å². The Kier molecular flexibility index (Phi) is 4.28. The van der Waals surface area contributed by atoms with Gasteiger partial charge in [-0.15, -0.1) is 0 Å². The van der Waals surface area contributed by atoms with Crippen LogP contribution in [0.1, 0.15) is 42.6 Å². The molecule has 1 heterocycles. The number of thiophene rings is 1. The van der Waals surface area contributed by atoms with Gasteiger partial charge in [0.15, 0.2) is 0 Å². The molecule has 0 aromatic carbocycles. The van der Waals surface area contributed by atoms with Crippen LogP contribution in [-0.4, -0.2) is 22.5 Å². The number of aryl methyl sites for hydroxylation is 1. The molecule has 1 aromatic heterocycles. The second-order valence-corrected chi connectivity index (χ2v) is 5.05. The van der Waals surface area contributed by atoms with Crippen LogP contribution in [0.2, 0.25) is 0 Å². The fourth-order valence-electron chi connectivity index (χ4n) is 1.63. The first-order valence-electron chi connectivity index (χ1n) is 5.49. The molecule has 0 saturated carbocycles. The summed E-state index contributed by atoms with van der Waals surface area (Å²) < 4.78 is 0. The minimum absolute atomic E-state index is 0.317. The molecular formula is C12H17NO3S. The van der Waals surface area contributed by atoms with Gasteiger partial charge in [0.05, 0.1) is 5.56 Å². The monoisotopic (exact) mass is 255 g/mol. The number of nitrogens with one attached hydrogen (secondary N) is 1. The number of hydrogen-bond donors (Lipinski definition) is 2. The largest absolute Gasteiger partial charge is 0.480 e. The molecule has 0 spiro atoms. The summed E-state index contributed by atoms with van der Waals surface area (Å²) in [6, 6.07) is 0. The van der Waals surface area contributed by atoms with Gasteiger partial charge in [0.2, 0.25) is 0 Å². The van der Waals surface area contributed by atoms with E-state index in [1.54, 1.807) is 12.3 Å². The minimum atomic E-state index is -1.19. The zero-order valence-electron chi connectivity index (χ0n) is 10.2. The van der Waals surface area contributed by atoms with Crippen molar-refractivity contribution in [3.05, 3.63) is 21.9 Å². The number of hydrogen-bond acceptors (Lipinski definition) is 3. The summed E-state index contributed by atoms with van der Waals surface area (Å²) in [5.41, 5.74) is 0.232. The lowest BCUT2D eigenvalue weighted by Gasteiger charge is -2.25. The predicted molar refractivity (Wildman–Crippen MR) is 67.5 cm³/mol. The molecule has 94 valence electrons. The van der Waals surface area contributed by atoms with Crippen LogP contribution in [0.3, 0.4) is 0 Å². The summed E-state index contributed by atoms with van der Waals surface area (Å²) in [5.74, 6) is -1.32. The minimum Gasteiger partial charge on any atom is -0.480 e. The zero-order valence-corrected chi connectivity index (χ0v) is 11.1. The maximum atomic E-state index is 12.0. The lowest BCUT2D eigenvalue weighted by molar-refractivity contribution is -0.144. The molecule has 1 amide bonds. The normalized spacial score (nSPS) is 14.1. The van der Waals surface area contributed by atoms with Crippen molar-refractivity contribution in [2.45, 2.75) is 39.2 Å². The number of carboxylic acid groups (broad SMARTS) is 1. The maximum Gasteiger partial charge on any atom is 0.329 e. The van der Waals surface area contributed by atoms with Crippen LogP contribution in [0.5, 0.6) is 0 Å². The van der Waals surface area contributed by atoms with Crippen LogP contribution in [0.15, 0.2) is 10.8 Å². The Morgan fingerprint density at radius 2 is 2.12 bits per heavy atom. The molecule has 0 radical (unpaired) electrons. The van der Waals surface area contributed by atoms with Gasteiger partial charge in [-0.3, -0.25) is 4.79 Å². The summed E-state index contributed by atoms with van der Waals surface area (Å²) in [4.78, 5) is 23.1. The Morgan fingerprint density at radius 3 is 2.53 bits per heavy atom. The summed E-state index contributed by atoms with van der Waals surface area (Å²) in [7, 11) is 0. The number of amides is 1. The topological polar surface area (TPSA) is 66.4 Å². The van der Waals surface area contributed by atoms with Gasteiger partial charge in [0, 0.05) is 5.38 Å². The quantitative estimate of drug-likeness (QED) is 0.849. The van der Waals surface area contributed by atoms with Crippen molar-refractivity contribution >= 4 is 23.2 Å². The van der Waals surface area contributed by atoms with Crippen LogP contribution in [-0.2, 0) is 4.79 Å². The van der Waals surface area contributed by atoms with Crippen molar-refractivity contribution in [1.82, 2.24) is 5.32 Å². The molecule has 17 heavy (non-hydrogen) atoms. The number of aliphatic carboxylic acids is 1. The Morgan fingerprint density at radius 1 is 1.47 bits per heavy atom. The van der Waals surface area contributed by atoms with Crippen LogP contribution < -0.4 is 5.32 Å². The van der Waals surface area contributed by atoms with Gasteiger partial charge in [0.25, 0.3) is 5.91 Å². The molecule has 2 N–H and O–H groups in total. The fraction of sp³-hybridized carbons (Fsp3) is 0.500. The number of rotatable bonds is 5. The first-order chi connectivity index (χ1) is 7.90. The van der Waals surface area contributed by atoms with E-state index in [0.717, 1.165) is 5.56 Å². The van der Waals surface area contributed by atoms with Crippen LogP contribution >= 0.6 is 11.3 Å². The van der Waals surface area contributed by atoms with E-state index < -0.39 is 11.5 Å². The standard InChI is InChI=1S/C12H17NO3S/c1-4-5-12(3,11(15)16)13-10(14)9-7-17-6-8(9)2/h6-7H,4-5H2,1-3H3,(H,13,14)(H,15,16). The predicted octanol–water partition coefficient (Wildman–Crippen LogP) is 2.43. The number of carbonyl (C=O) groups is 2. The molecular weight excluding hydrogens is 238 g/mol. The summed E-state index contributed by atoms with van der Waals surface area (Å²) >= 11 is 1.43. The average Bonchev–Trinajstić information content (AvgIpc) is 2.64. The molecule has 4 nitrogen and oxygen atoms in total. The second-order valence-electron chi connectivity index (χ2n) is 4.31. The molecule has 1 rings (SSSR count). The maximum absolute atomic E-state index is 12.0. The highest BCUT2D eigenvalue weighted by atomic mass is 32.1. The van der Waals surface area contributed by atoms with Gasteiger partial charge in [-0.25, -0.2) is 4.79 Å². The summed E-state index contributed by atoms with van der Waals surface area (Å²) in [6.45, 7) is 5.27. The van der Waals surface area contributed by atoms with Gasteiger partial charge in [0.1, 0.15) is 5.54 Å². The molecule has 0 bridgehead atoms. The lowest BCUT2D eigenvalue weighted by atomic mass is 9.95. The van der Waals surface area contributed by atoms with E-state index in [4.69, 9.17) is 5.11 Å².